The van der Waals surface area contributed by atoms with Crippen molar-refractivity contribution in [2.45, 2.75) is 19.9 Å². The fraction of sp³-hybridized carbons (Fsp3) is 0.375. The normalized spacial score (nSPS) is 10.3. The molecule has 0 aliphatic rings. The standard InChI is InChI=1S/C8H11ClN2O/c1-6(2)10-8-5-7(9)3-4-11(8)12/h3-6,10H,1-2H3. The van der Waals surface area contributed by atoms with Crippen LogP contribution in [-0.2, 0) is 0 Å². The summed E-state index contributed by atoms with van der Waals surface area (Å²) >= 11 is 5.71. The largest absolute Gasteiger partial charge is 0.711 e. The first-order valence-corrected chi connectivity index (χ1v) is 4.12. The first-order chi connectivity index (χ1) is 5.59. The quantitative estimate of drug-likeness (QED) is 0.565. The van der Waals surface area contributed by atoms with Gasteiger partial charge in [-0.25, -0.2) is 4.73 Å². The van der Waals surface area contributed by atoms with Gasteiger partial charge in [-0.15, -0.1) is 0 Å². The molecule has 0 aromatic carbocycles. The maximum Gasteiger partial charge on any atom is 0.279 e. The van der Waals surface area contributed by atoms with Crippen LogP contribution >= 0.6 is 11.6 Å². The molecular formula is C8H11ClN2O. The Balaban J connectivity index is 2.90. The van der Waals surface area contributed by atoms with E-state index in [-0.39, 0.29) is 6.04 Å². The Bertz CT molecular complexity index is 276. The highest BCUT2D eigenvalue weighted by Gasteiger charge is 2.05. The molecule has 3 nitrogen and oxygen atoms in total. The third kappa shape index (κ3) is 2.27. The maximum atomic E-state index is 11.1. The summed E-state index contributed by atoms with van der Waals surface area (Å²) in [5.41, 5.74) is 0. The van der Waals surface area contributed by atoms with Gasteiger partial charge in [-0.3, -0.25) is 5.32 Å². The Morgan fingerprint density at radius 3 is 2.83 bits per heavy atom. The van der Waals surface area contributed by atoms with Crippen molar-refractivity contribution >= 4 is 17.4 Å². The van der Waals surface area contributed by atoms with Gasteiger partial charge in [0.1, 0.15) is 0 Å². The van der Waals surface area contributed by atoms with Crippen molar-refractivity contribution in [2.24, 2.45) is 0 Å². The molecule has 1 aromatic rings. The zero-order chi connectivity index (χ0) is 9.14. The first-order valence-electron chi connectivity index (χ1n) is 3.75. The molecule has 0 bridgehead atoms. The highest BCUT2D eigenvalue weighted by molar-refractivity contribution is 6.30. The van der Waals surface area contributed by atoms with Crippen LogP contribution in [0.15, 0.2) is 18.3 Å². The molecule has 1 rings (SSSR count). The molecule has 0 atom stereocenters. The van der Waals surface area contributed by atoms with Crippen molar-refractivity contribution in [1.29, 1.82) is 0 Å². The topological polar surface area (TPSA) is 39.0 Å². The minimum Gasteiger partial charge on any atom is -0.711 e. The summed E-state index contributed by atoms with van der Waals surface area (Å²) in [5, 5.41) is 14.6. The Morgan fingerprint density at radius 1 is 1.58 bits per heavy atom. The lowest BCUT2D eigenvalue weighted by Gasteiger charge is -2.10. The fourth-order valence-electron chi connectivity index (χ4n) is 0.863. The molecular weight excluding hydrogens is 176 g/mol. The van der Waals surface area contributed by atoms with Crippen molar-refractivity contribution in [3.05, 3.63) is 28.6 Å². The van der Waals surface area contributed by atoms with Crippen LogP contribution in [0.4, 0.5) is 5.82 Å². The van der Waals surface area contributed by atoms with Crippen LogP contribution in [0.1, 0.15) is 13.8 Å². The lowest BCUT2D eigenvalue weighted by atomic mass is 10.4. The third-order valence-corrected chi connectivity index (χ3v) is 1.55. The summed E-state index contributed by atoms with van der Waals surface area (Å²) in [6, 6.07) is 3.39. The van der Waals surface area contributed by atoms with Crippen molar-refractivity contribution in [2.75, 3.05) is 5.32 Å². The molecule has 0 amide bonds. The van der Waals surface area contributed by atoms with E-state index in [0.29, 0.717) is 10.8 Å². The number of nitrogens with zero attached hydrogens (tertiary/aromatic N) is 1. The van der Waals surface area contributed by atoms with Crippen molar-refractivity contribution in [1.82, 2.24) is 0 Å². The molecule has 0 saturated heterocycles. The number of pyridine rings is 1. The first kappa shape index (κ1) is 9.13. The number of halogens is 1. The van der Waals surface area contributed by atoms with Gasteiger partial charge in [0.15, 0.2) is 0 Å². The average molecular weight is 187 g/mol. The maximum absolute atomic E-state index is 11.1. The van der Waals surface area contributed by atoms with Crippen LogP contribution in [0.2, 0.25) is 5.02 Å². The summed E-state index contributed by atoms with van der Waals surface area (Å²) in [4.78, 5) is 0. The van der Waals surface area contributed by atoms with E-state index in [2.05, 4.69) is 5.32 Å². The van der Waals surface area contributed by atoms with Gasteiger partial charge in [0.2, 0.25) is 0 Å². The molecule has 4 heteroatoms. The lowest BCUT2D eigenvalue weighted by molar-refractivity contribution is -0.590. The van der Waals surface area contributed by atoms with Gasteiger partial charge in [0, 0.05) is 6.07 Å². The number of rotatable bonds is 2. The van der Waals surface area contributed by atoms with Gasteiger partial charge in [-0.2, -0.15) is 0 Å². The van der Waals surface area contributed by atoms with E-state index >= 15 is 0 Å². The van der Waals surface area contributed by atoms with Crippen LogP contribution in [0, 0.1) is 5.21 Å². The van der Waals surface area contributed by atoms with E-state index in [9.17, 15) is 5.21 Å². The number of hydrogen-bond donors (Lipinski definition) is 1. The van der Waals surface area contributed by atoms with Gasteiger partial charge in [0.05, 0.1) is 17.3 Å². The Kier molecular flexibility index (Phi) is 2.76. The molecule has 12 heavy (non-hydrogen) atoms. The predicted molar refractivity (Wildman–Crippen MR) is 49.2 cm³/mol. The lowest BCUT2D eigenvalue weighted by Crippen LogP contribution is -2.32. The summed E-state index contributed by atoms with van der Waals surface area (Å²) < 4.78 is 0.756. The zero-order valence-corrected chi connectivity index (χ0v) is 7.80. The number of nitrogens with one attached hydrogen (secondary N) is 1. The minimum atomic E-state index is 0.226. The van der Waals surface area contributed by atoms with Gasteiger partial charge in [-0.05, 0) is 19.9 Å². The van der Waals surface area contributed by atoms with Gasteiger partial charge in [0.25, 0.3) is 5.82 Å². The van der Waals surface area contributed by atoms with E-state index < -0.39 is 0 Å². The molecule has 1 heterocycles. The second kappa shape index (κ2) is 3.63. The van der Waals surface area contributed by atoms with E-state index in [1.54, 1.807) is 12.1 Å². The third-order valence-electron chi connectivity index (χ3n) is 1.32. The Morgan fingerprint density at radius 2 is 2.25 bits per heavy atom. The number of hydrogen-bond acceptors (Lipinski definition) is 2. The van der Waals surface area contributed by atoms with Crippen LogP contribution < -0.4 is 10.0 Å². The molecule has 0 saturated carbocycles. The van der Waals surface area contributed by atoms with Gasteiger partial charge in [-0.1, -0.05) is 11.6 Å². The van der Waals surface area contributed by atoms with Gasteiger partial charge >= 0.3 is 0 Å². The second-order valence-corrected chi connectivity index (χ2v) is 3.29. The summed E-state index contributed by atoms with van der Waals surface area (Å²) in [6.45, 7) is 3.92. The smallest absolute Gasteiger partial charge is 0.279 e. The summed E-state index contributed by atoms with van der Waals surface area (Å²) in [6.07, 6.45) is 1.38. The van der Waals surface area contributed by atoms with E-state index in [1.165, 1.54) is 6.20 Å². The highest BCUT2D eigenvalue weighted by Crippen LogP contribution is 2.10. The van der Waals surface area contributed by atoms with Crippen LogP contribution in [0.5, 0.6) is 0 Å². The van der Waals surface area contributed by atoms with Crippen LogP contribution in [0.25, 0.3) is 0 Å². The molecule has 0 radical (unpaired) electrons. The zero-order valence-electron chi connectivity index (χ0n) is 7.04. The molecule has 1 aromatic heterocycles. The molecule has 1 N–H and O–H groups in total. The number of anilines is 1. The molecule has 0 fully saturated rings. The second-order valence-electron chi connectivity index (χ2n) is 2.86. The molecule has 0 unspecified atom stereocenters. The van der Waals surface area contributed by atoms with Crippen LogP contribution in [0.3, 0.4) is 0 Å². The van der Waals surface area contributed by atoms with E-state index in [0.717, 1.165) is 4.73 Å². The molecule has 0 spiro atoms. The SMILES string of the molecule is CC(C)Nc1cc(Cl)cc[n+]1[O-]. The minimum absolute atomic E-state index is 0.226. The van der Waals surface area contributed by atoms with E-state index in [1.807, 2.05) is 13.8 Å². The fourth-order valence-corrected chi connectivity index (χ4v) is 1.02. The van der Waals surface area contributed by atoms with E-state index in [4.69, 9.17) is 11.6 Å². The molecule has 0 aliphatic carbocycles. The Labute approximate surface area is 76.6 Å². The number of aromatic nitrogens is 1. The monoisotopic (exact) mass is 186 g/mol. The van der Waals surface area contributed by atoms with Gasteiger partial charge < -0.3 is 5.21 Å². The Hall–Kier alpha value is -0.960. The molecule has 0 aliphatic heterocycles. The molecule has 66 valence electrons. The van der Waals surface area contributed by atoms with Crippen molar-refractivity contribution < 1.29 is 4.73 Å². The predicted octanol–water partition coefficient (Wildman–Crippen LogP) is 1.79. The average Bonchev–Trinajstić information content (AvgIpc) is 1.96. The van der Waals surface area contributed by atoms with Crippen molar-refractivity contribution in [3.63, 3.8) is 0 Å². The summed E-state index contributed by atoms with van der Waals surface area (Å²) in [7, 11) is 0. The van der Waals surface area contributed by atoms with Crippen molar-refractivity contribution in [3.8, 4) is 0 Å². The highest BCUT2D eigenvalue weighted by atomic mass is 35.5. The summed E-state index contributed by atoms with van der Waals surface area (Å²) in [5.74, 6) is 0.484. The van der Waals surface area contributed by atoms with Crippen LogP contribution in [-0.4, -0.2) is 6.04 Å².